The number of carbonyl (C=O) groups is 1. The van der Waals surface area contributed by atoms with Crippen molar-refractivity contribution in [3.05, 3.63) is 76.7 Å². The van der Waals surface area contributed by atoms with Crippen LogP contribution in [0.5, 0.6) is 0 Å². The lowest BCUT2D eigenvalue weighted by atomic mass is 9.89. The molecule has 0 bridgehead atoms. The SMILES string of the molecule is N/C(=N\C(=O)O)c1cc2nc(C(O)c3ccccc3F)n(CC3CCCCC3)c2c(-c2cncc(Cl)c2)n1. The van der Waals surface area contributed by atoms with Gasteiger partial charge in [0.2, 0.25) is 0 Å². The summed E-state index contributed by atoms with van der Waals surface area (Å²) in [6.07, 6.45) is 5.68. The number of fused-ring (bicyclic) bond motifs is 1. The molecule has 3 aromatic heterocycles. The number of imidazole rings is 1. The molecule has 1 unspecified atom stereocenters. The minimum atomic E-state index is -1.46. The van der Waals surface area contributed by atoms with Crippen LogP contribution in [0.25, 0.3) is 22.3 Å². The Morgan fingerprint density at radius 3 is 2.66 bits per heavy atom. The first-order chi connectivity index (χ1) is 18.3. The molecular weight excluding hydrogens is 511 g/mol. The summed E-state index contributed by atoms with van der Waals surface area (Å²) in [5.41, 5.74) is 8.06. The molecule has 1 aliphatic carbocycles. The van der Waals surface area contributed by atoms with E-state index in [0.29, 0.717) is 39.8 Å². The van der Waals surface area contributed by atoms with Crippen molar-refractivity contribution in [3.8, 4) is 11.3 Å². The largest absolute Gasteiger partial charge is 0.463 e. The van der Waals surface area contributed by atoms with Gasteiger partial charge in [-0.15, -0.1) is 0 Å². The lowest BCUT2D eigenvalue weighted by Crippen LogP contribution is -2.19. The Bertz CT molecular complexity index is 1530. The summed E-state index contributed by atoms with van der Waals surface area (Å²) in [5, 5.41) is 20.9. The molecule has 1 aliphatic rings. The van der Waals surface area contributed by atoms with Gasteiger partial charge in [0.1, 0.15) is 23.4 Å². The first kappa shape index (κ1) is 25.7. The number of aliphatic hydroxyl groups excluding tert-OH is 1. The predicted octanol–water partition coefficient (Wildman–Crippen LogP) is 5.33. The van der Waals surface area contributed by atoms with Gasteiger partial charge in [0, 0.05) is 30.1 Å². The highest BCUT2D eigenvalue weighted by Crippen LogP contribution is 2.35. The summed E-state index contributed by atoms with van der Waals surface area (Å²) in [7, 11) is 0. The van der Waals surface area contributed by atoms with Crippen molar-refractivity contribution < 1.29 is 19.4 Å². The minimum Gasteiger partial charge on any atom is -0.463 e. The van der Waals surface area contributed by atoms with Crippen LogP contribution in [0.4, 0.5) is 9.18 Å². The van der Waals surface area contributed by atoms with Crippen LogP contribution in [0.3, 0.4) is 0 Å². The number of carboxylic acid groups (broad SMARTS) is 1. The summed E-state index contributed by atoms with van der Waals surface area (Å²) in [4.78, 5) is 28.1. The van der Waals surface area contributed by atoms with Gasteiger partial charge in [0.15, 0.2) is 5.84 Å². The lowest BCUT2D eigenvalue weighted by molar-refractivity contribution is 0.196. The van der Waals surface area contributed by atoms with E-state index in [9.17, 15) is 14.3 Å². The maximum atomic E-state index is 14.7. The second-order valence-corrected chi connectivity index (χ2v) is 9.84. The average Bonchev–Trinajstić information content (AvgIpc) is 3.26. The van der Waals surface area contributed by atoms with E-state index in [1.807, 2.05) is 4.57 Å². The number of rotatable bonds is 6. The van der Waals surface area contributed by atoms with Gasteiger partial charge in [-0.1, -0.05) is 49.1 Å². The van der Waals surface area contributed by atoms with E-state index in [2.05, 4.69) is 15.0 Å². The molecule has 1 fully saturated rings. The van der Waals surface area contributed by atoms with Gasteiger partial charge in [0.05, 0.1) is 21.7 Å². The number of aliphatic hydroxyl groups is 1. The van der Waals surface area contributed by atoms with E-state index in [0.717, 1.165) is 25.7 Å². The Kier molecular flexibility index (Phi) is 7.35. The molecule has 38 heavy (non-hydrogen) atoms. The van der Waals surface area contributed by atoms with Crippen molar-refractivity contribution in [1.82, 2.24) is 19.5 Å². The Hall–Kier alpha value is -3.89. The number of halogens is 2. The third-order valence-corrected chi connectivity index (χ3v) is 7.03. The number of aliphatic imine (C=N–C) groups is 1. The molecule has 1 atom stereocenters. The second-order valence-electron chi connectivity index (χ2n) is 9.40. The molecule has 0 radical (unpaired) electrons. The third kappa shape index (κ3) is 5.23. The van der Waals surface area contributed by atoms with Crippen molar-refractivity contribution in [1.29, 1.82) is 0 Å². The topological polar surface area (TPSA) is 140 Å². The molecule has 0 saturated heterocycles. The van der Waals surface area contributed by atoms with Gasteiger partial charge in [0.25, 0.3) is 0 Å². The Morgan fingerprint density at radius 1 is 1.18 bits per heavy atom. The van der Waals surface area contributed by atoms with Crippen molar-refractivity contribution in [2.24, 2.45) is 16.6 Å². The molecule has 4 N–H and O–H groups in total. The normalized spacial score (nSPS) is 15.6. The summed E-state index contributed by atoms with van der Waals surface area (Å²) in [6.45, 7) is 0.540. The maximum absolute atomic E-state index is 14.7. The van der Waals surface area contributed by atoms with Crippen LogP contribution in [0.2, 0.25) is 5.02 Å². The highest BCUT2D eigenvalue weighted by Gasteiger charge is 2.27. The molecule has 1 aromatic carbocycles. The molecule has 11 heteroatoms. The number of aromatic nitrogens is 4. The molecule has 1 amide bonds. The summed E-state index contributed by atoms with van der Waals surface area (Å²) < 4.78 is 16.6. The van der Waals surface area contributed by atoms with Gasteiger partial charge in [-0.25, -0.2) is 19.2 Å². The van der Waals surface area contributed by atoms with Crippen LogP contribution < -0.4 is 5.73 Å². The van der Waals surface area contributed by atoms with Crippen LogP contribution in [-0.2, 0) is 6.54 Å². The van der Waals surface area contributed by atoms with Crippen molar-refractivity contribution in [2.45, 2.75) is 44.8 Å². The number of hydrogen-bond acceptors (Lipinski definition) is 5. The maximum Gasteiger partial charge on any atom is 0.433 e. The molecule has 0 aliphatic heterocycles. The van der Waals surface area contributed by atoms with E-state index >= 15 is 0 Å². The fourth-order valence-electron chi connectivity index (χ4n) is 5.07. The highest BCUT2D eigenvalue weighted by atomic mass is 35.5. The van der Waals surface area contributed by atoms with E-state index in [4.69, 9.17) is 27.4 Å². The first-order valence-electron chi connectivity index (χ1n) is 12.3. The van der Waals surface area contributed by atoms with Crippen LogP contribution in [0.15, 0.2) is 53.8 Å². The van der Waals surface area contributed by atoms with Crippen LogP contribution >= 0.6 is 11.6 Å². The van der Waals surface area contributed by atoms with E-state index in [1.54, 1.807) is 24.4 Å². The van der Waals surface area contributed by atoms with Gasteiger partial charge in [-0.3, -0.25) is 4.98 Å². The molecular formula is C27H26ClFN6O3. The lowest BCUT2D eigenvalue weighted by Gasteiger charge is -2.24. The van der Waals surface area contributed by atoms with Gasteiger partial charge >= 0.3 is 6.09 Å². The summed E-state index contributed by atoms with van der Waals surface area (Å²) >= 11 is 6.25. The zero-order valence-electron chi connectivity index (χ0n) is 20.4. The fraction of sp³-hybridized carbons (Fsp3) is 0.296. The van der Waals surface area contributed by atoms with E-state index < -0.39 is 18.0 Å². The second kappa shape index (κ2) is 10.8. The monoisotopic (exact) mass is 536 g/mol. The van der Waals surface area contributed by atoms with Crippen molar-refractivity contribution >= 4 is 34.6 Å². The van der Waals surface area contributed by atoms with Gasteiger partial charge in [-0.2, -0.15) is 4.99 Å². The van der Waals surface area contributed by atoms with Crippen LogP contribution in [0, 0.1) is 11.7 Å². The predicted molar refractivity (Wildman–Crippen MR) is 142 cm³/mol. The van der Waals surface area contributed by atoms with Gasteiger partial charge in [-0.05, 0) is 37.0 Å². The highest BCUT2D eigenvalue weighted by molar-refractivity contribution is 6.30. The quantitative estimate of drug-likeness (QED) is 0.223. The fourth-order valence-corrected chi connectivity index (χ4v) is 5.24. The minimum absolute atomic E-state index is 0.0872. The van der Waals surface area contributed by atoms with Gasteiger partial charge < -0.3 is 20.5 Å². The Labute approximate surface area is 222 Å². The Balaban J connectivity index is 1.79. The molecule has 0 spiro atoms. The molecule has 5 rings (SSSR count). The molecule has 3 heterocycles. The zero-order valence-corrected chi connectivity index (χ0v) is 21.1. The van der Waals surface area contributed by atoms with E-state index in [-0.39, 0.29) is 22.9 Å². The molecule has 4 aromatic rings. The van der Waals surface area contributed by atoms with Crippen LogP contribution in [0.1, 0.15) is 55.3 Å². The number of benzene rings is 1. The Morgan fingerprint density at radius 2 is 1.95 bits per heavy atom. The number of nitrogens with two attached hydrogens (primary N) is 1. The summed E-state index contributed by atoms with van der Waals surface area (Å²) in [5.74, 6) is -0.281. The molecule has 9 nitrogen and oxygen atoms in total. The number of amidine groups is 1. The summed E-state index contributed by atoms with van der Waals surface area (Å²) in [6, 6.07) is 9.22. The van der Waals surface area contributed by atoms with Crippen molar-refractivity contribution in [2.75, 3.05) is 0 Å². The standard InChI is InChI=1S/C27H26ClFN6O3/c28-17-10-16(12-31-13-17)22-23-20(11-21(32-22)25(30)34-27(37)38)33-26(24(36)18-8-4-5-9-19(18)29)35(23)14-15-6-2-1-3-7-15/h4-5,8-13,15,24,36H,1-3,6-7,14H2,(H2,30,34)(H,37,38). The number of nitrogens with zero attached hydrogens (tertiary/aromatic N) is 5. The van der Waals surface area contributed by atoms with Crippen molar-refractivity contribution in [3.63, 3.8) is 0 Å². The first-order valence-corrected chi connectivity index (χ1v) is 12.7. The number of hydrogen-bond donors (Lipinski definition) is 3. The smallest absolute Gasteiger partial charge is 0.433 e. The molecule has 1 saturated carbocycles. The zero-order chi connectivity index (χ0) is 26.8. The molecule has 196 valence electrons. The number of amides is 1. The number of pyridine rings is 2. The average molecular weight is 537 g/mol. The van der Waals surface area contributed by atoms with Crippen LogP contribution in [-0.4, -0.2) is 41.7 Å². The third-order valence-electron chi connectivity index (χ3n) is 6.82. The van der Waals surface area contributed by atoms with E-state index in [1.165, 1.54) is 30.8 Å².